The largest absolute Gasteiger partial charge is 0.480 e. The van der Waals surface area contributed by atoms with E-state index in [1.807, 2.05) is 0 Å². The van der Waals surface area contributed by atoms with Gasteiger partial charge in [0.2, 0.25) is 5.91 Å². The summed E-state index contributed by atoms with van der Waals surface area (Å²) in [7, 11) is -4.76. The monoisotopic (exact) mass is 874 g/mol. The smallest absolute Gasteiger partial charge is 0.472 e. The Bertz CT molecular complexity index is 1070. The van der Waals surface area contributed by atoms with Gasteiger partial charge in [-0.15, -0.1) is 0 Å². The summed E-state index contributed by atoms with van der Waals surface area (Å²) in [5.41, 5.74) is 0. The highest BCUT2D eigenvalue weighted by Crippen LogP contribution is 2.43. The molecule has 0 fully saturated rings. The number of carboxylic acid groups (broad SMARTS) is 1. The van der Waals surface area contributed by atoms with Crippen molar-refractivity contribution in [3.63, 3.8) is 0 Å². The number of nitrogens with one attached hydrogen (secondary N) is 1. The van der Waals surface area contributed by atoms with Crippen LogP contribution in [-0.2, 0) is 32.7 Å². The molecule has 0 bridgehead atoms. The molecule has 0 radical (unpaired) electrons. The Labute approximate surface area is 367 Å². The van der Waals surface area contributed by atoms with Gasteiger partial charge in [0.1, 0.15) is 12.7 Å². The molecule has 60 heavy (non-hydrogen) atoms. The molecule has 354 valence electrons. The van der Waals surface area contributed by atoms with E-state index in [1.54, 1.807) is 0 Å². The van der Waals surface area contributed by atoms with E-state index in [-0.39, 0.29) is 12.8 Å². The maximum Gasteiger partial charge on any atom is 0.472 e. The molecule has 0 saturated carbocycles. The molecular weight excluding hydrogens is 781 g/mol. The Balaban J connectivity index is 3.81. The van der Waals surface area contributed by atoms with Gasteiger partial charge >= 0.3 is 19.8 Å². The van der Waals surface area contributed by atoms with E-state index in [4.69, 9.17) is 13.8 Å². The predicted molar refractivity (Wildman–Crippen MR) is 245 cm³/mol. The van der Waals surface area contributed by atoms with Crippen molar-refractivity contribution < 1.29 is 47.8 Å². The SMILES string of the molecule is CCCCCCCCC/C=C\CCCCCCCC(=O)NC(COP(=O)(O)OCC(O)COC(=O)CCCCCCCCCCCCCCCCCCCCCC)C(=O)O. The second-order valence-electron chi connectivity index (χ2n) is 17.0. The number of hydrogen-bond acceptors (Lipinski definition) is 8. The number of aliphatic carboxylic acids is 1. The maximum absolute atomic E-state index is 12.3. The number of esters is 1. The van der Waals surface area contributed by atoms with Gasteiger partial charge in [0, 0.05) is 12.8 Å². The average Bonchev–Trinajstić information content (AvgIpc) is 3.22. The van der Waals surface area contributed by atoms with Crippen LogP contribution in [0.15, 0.2) is 12.2 Å². The van der Waals surface area contributed by atoms with Crippen LogP contribution in [0.4, 0.5) is 0 Å². The number of phosphoric acid groups is 1. The number of hydrogen-bond donors (Lipinski definition) is 4. The number of aliphatic hydroxyl groups excluding tert-OH is 1. The molecule has 4 N–H and O–H groups in total. The summed E-state index contributed by atoms with van der Waals surface area (Å²) in [6.45, 7) is 2.63. The molecule has 0 aliphatic carbocycles. The summed E-state index contributed by atoms with van der Waals surface area (Å²) in [6, 6.07) is -1.55. The fourth-order valence-electron chi connectivity index (χ4n) is 7.19. The van der Waals surface area contributed by atoms with Crippen LogP contribution < -0.4 is 5.32 Å². The third kappa shape index (κ3) is 42.9. The molecule has 1 amide bonds. The molecule has 0 spiro atoms. The maximum atomic E-state index is 12.3. The van der Waals surface area contributed by atoms with Gasteiger partial charge in [0.05, 0.1) is 13.2 Å². The van der Waals surface area contributed by atoms with Crippen LogP contribution in [-0.4, -0.2) is 64.9 Å². The number of allylic oxidation sites excluding steroid dienone is 2. The van der Waals surface area contributed by atoms with Crippen molar-refractivity contribution in [1.29, 1.82) is 0 Å². The molecule has 0 aliphatic rings. The molecule has 0 rings (SSSR count). The van der Waals surface area contributed by atoms with E-state index in [0.29, 0.717) is 12.8 Å². The highest BCUT2D eigenvalue weighted by atomic mass is 31.2. The fourth-order valence-corrected chi connectivity index (χ4v) is 7.97. The van der Waals surface area contributed by atoms with Crippen molar-refractivity contribution >= 4 is 25.7 Å². The highest BCUT2D eigenvalue weighted by molar-refractivity contribution is 7.47. The van der Waals surface area contributed by atoms with Gasteiger partial charge in [-0.05, 0) is 38.5 Å². The normalized spacial score (nSPS) is 13.7. The Morgan fingerprint density at radius 3 is 1.27 bits per heavy atom. The third-order valence-electron chi connectivity index (χ3n) is 11.1. The number of carboxylic acids is 1. The zero-order chi connectivity index (χ0) is 44.2. The van der Waals surface area contributed by atoms with Crippen molar-refractivity contribution in [3.05, 3.63) is 12.2 Å². The summed E-state index contributed by atoms with van der Waals surface area (Å²) in [6.07, 6.45) is 45.2. The molecule has 3 atom stereocenters. The molecule has 0 aromatic carbocycles. The van der Waals surface area contributed by atoms with Gasteiger partial charge in [0.25, 0.3) is 0 Å². The standard InChI is InChI=1S/C48H92NO10P/c1-3-5-7-9-11-13-15-17-19-21-22-23-24-26-28-30-32-34-36-38-40-47(52)57-41-44(50)42-58-60(55,56)59-43-45(48(53)54)49-46(51)39-37-35-33-31-29-27-25-20-18-16-14-12-10-8-6-4-2/h20,25,44-45,50H,3-19,21-24,26-43H2,1-2H3,(H,49,51)(H,53,54)(H,55,56)/b25-20-. The van der Waals surface area contributed by atoms with Gasteiger partial charge in [-0.2, -0.15) is 0 Å². The predicted octanol–water partition coefficient (Wildman–Crippen LogP) is 13.2. The summed E-state index contributed by atoms with van der Waals surface area (Å²) in [4.78, 5) is 46.0. The first-order valence-corrected chi connectivity index (χ1v) is 26.2. The van der Waals surface area contributed by atoms with Gasteiger partial charge in [-0.3, -0.25) is 18.6 Å². The summed E-state index contributed by atoms with van der Waals surface area (Å²) in [5.74, 6) is -2.37. The van der Waals surface area contributed by atoms with Crippen LogP contribution >= 0.6 is 7.82 Å². The number of carbonyl (C=O) groups excluding carboxylic acids is 2. The summed E-state index contributed by atoms with van der Waals surface area (Å²) < 4.78 is 26.9. The minimum absolute atomic E-state index is 0.139. The van der Waals surface area contributed by atoms with Crippen molar-refractivity contribution in [1.82, 2.24) is 5.32 Å². The second kappa shape index (κ2) is 43.9. The van der Waals surface area contributed by atoms with E-state index in [0.717, 1.165) is 57.8 Å². The van der Waals surface area contributed by atoms with E-state index in [9.17, 15) is 34.1 Å². The van der Waals surface area contributed by atoms with E-state index >= 15 is 0 Å². The lowest BCUT2D eigenvalue weighted by atomic mass is 10.0. The Kier molecular flexibility index (Phi) is 42.6. The number of amides is 1. The fraction of sp³-hybridized carbons (Fsp3) is 0.896. The van der Waals surface area contributed by atoms with Crippen LogP contribution in [0.25, 0.3) is 0 Å². The molecule has 12 heteroatoms. The van der Waals surface area contributed by atoms with Crippen molar-refractivity contribution in [2.75, 3.05) is 19.8 Å². The van der Waals surface area contributed by atoms with E-state index < -0.39 is 57.6 Å². The number of carbonyl (C=O) groups is 3. The number of phosphoric ester groups is 1. The molecule has 0 aromatic rings. The zero-order valence-electron chi connectivity index (χ0n) is 38.5. The van der Waals surface area contributed by atoms with Crippen LogP contribution in [0.2, 0.25) is 0 Å². The zero-order valence-corrected chi connectivity index (χ0v) is 39.4. The van der Waals surface area contributed by atoms with Crippen molar-refractivity contribution in [2.24, 2.45) is 0 Å². The molecular formula is C48H92NO10P. The number of unbranched alkanes of at least 4 members (excludes halogenated alkanes) is 31. The van der Waals surface area contributed by atoms with Gasteiger partial charge in [-0.1, -0.05) is 206 Å². The van der Waals surface area contributed by atoms with Crippen LogP contribution in [0.5, 0.6) is 0 Å². The van der Waals surface area contributed by atoms with Crippen molar-refractivity contribution in [2.45, 2.75) is 257 Å². The lowest BCUT2D eigenvalue weighted by Crippen LogP contribution is -2.43. The Morgan fingerprint density at radius 1 is 0.517 bits per heavy atom. The third-order valence-corrected chi connectivity index (χ3v) is 12.0. The minimum atomic E-state index is -4.76. The van der Waals surface area contributed by atoms with Crippen LogP contribution in [0.1, 0.15) is 245 Å². The number of ether oxygens (including phenoxy) is 1. The highest BCUT2D eigenvalue weighted by Gasteiger charge is 2.28. The number of rotatable bonds is 47. The van der Waals surface area contributed by atoms with Gasteiger partial charge < -0.3 is 25.2 Å². The molecule has 0 aliphatic heterocycles. The lowest BCUT2D eigenvalue weighted by molar-refractivity contribution is -0.147. The van der Waals surface area contributed by atoms with Crippen molar-refractivity contribution in [3.8, 4) is 0 Å². The first-order valence-electron chi connectivity index (χ1n) is 24.7. The first-order chi connectivity index (χ1) is 29.1. The average molecular weight is 874 g/mol. The first kappa shape index (κ1) is 58.2. The minimum Gasteiger partial charge on any atom is -0.480 e. The molecule has 3 unspecified atom stereocenters. The molecule has 11 nitrogen and oxygen atoms in total. The quantitative estimate of drug-likeness (QED) is 0.0200. The van der Waals surface area contributed by atoms with Gasteiger partial charge in [-0.25, -0.2) is 9.36 Å². The molecule has 0 saturated heterocycles. The van der Waals surface area contributed by atoms with Gasteiger partial charge in [0.15, 0.2) is 6.04 Å². The summed E-state index contributed by atoms with van der Waals surface area (Å²) in [5, 5.41) is 21.9. The second-order valence-corrected chi connectivity index (χ2v) is 18.5. The Morgan fingerprint density at radius 2 is 0.867 bits per heavy atom. The van der Waals surface area contributed by atoms with Crippen LogP contribution in [0, 0.1) is 0 Å². The topological polar surface area (TPSA) is 169 Å². The van der Waals surface area contributed by atoms with E-state index in [1.165, 1.54) is 148 Å². The Hall–Kier alpha value is -1.78. The molecule has 0 aromatic heterocycles. The molecule has 0 heterocycles. The van der Waals surface area contributed by atoms with E-state index in [2.05, 4.69) is 31.3 Å². The lowest BCUT2D eigenvalue weighted by Gasteiger charge is -2.18. The summed E-state index contributed by atoms with van der Waals surface area (Å²) >= 11 is 0. The van der Waals surface area contributed by atoms with Crippen LogP contribution in [0.3, 0.4) is 0 Å². The number of aliphatic hydroxyl groups is 1.